The van der Waals surface area contributed by atoms with Crippen LogP contribution >= 0.6 is 15.9 Å². The summed E-state index contributed by atoms with van der Waals surface area (Å²) in [6.07, 6.45) is 0. The normalized spacial score (nSPS) is 11.0. The summed E-state index contributed by atoms with van der Waals surface area (Å²) in [7, 11) is 0. The van der Waals surface area contributed by atoms with E-state index in [1.807, 2.05) is 69.3 Å². The van der Waals surface area contributed by atoms with Crippen LogP contribution in [0.1, 0.15) is 31.1 Å². The lowest BCUT2D eigenvalue weighted by atomic mass is 10.1. The summed E-state index contributed by atoms with van der Waals surface area (Å²) in [5.74, 6) is 0.146. The molecule has 0 unspecified atom stereocenters. The second-order valence-electron chi connectivity index (χ2n) is 8.13. The largest absolute Gasteiger partial charge is 0.483 e. The van der Waals surface area contributed by atoms with Gasteiger partial charge in [-0.2, -0.15) is 0 Å². The van der Waals surface area contributed by atoms with E-state index in [0.717, 1.165) is 15.6 Å². The van der Waals surface area contributed by atoms with Crippen molar-refractivity contribution in [3.05, 3.63) is 82.8 Å². The molecular weight excluding hydrogens is 456 g/mol. The number of carbonyl (C=O) groups excluding carboxylic acids is 2. The Hall–Kier alpha value is -3.12. The van der Waals surface area contributed by atoms with Crippen LogP contribution in [0.15, 0.2) is 77.3 Å². The summed E-state index contributed by atoms with van der Waals surface area (Å²) in [5.41, 5.74) is 2.98. The molecule has 160 valence electrons. The molecule has 2 amide bonds. The van der Waals surface area contributed by atoms with Crippen LogP contribution in [-0.4, -0.2) is 24.0 Å². The monoisotopic (exact) mass is 480 g/mol. The Morgan fingerprint density at radius 1 is 0.903 bits per heavy atom. The summed E-state index contributed by atoms with van der Waals surface area (Å²) in [6, 6.07) is 22.5. The van der Waals surface area contributed by atoms with Crippen molar-refractivity contribution < 1.29 is 14.3 Å². The van der Waals surface area contributed by atoms with Gasteiger partial charge in [-0.1, -0.05) is 36.4 Å². The second-order valence-corrected chi connectivity index (χ2v) is 8.98. The summed E-state index contributed by atoms with van der Waals surface area (Å²) in [6.45, 7) is 5.64. The Kier molecular flexibility index (Phi) is 7.13. The van der Waals surface area contributed by atoms with E-state index in [4.69, 9.17) is 4.74 Å². The fourth-order valence-corrected chi connectivity index (χ4v) is 3.38. The lowest BCUT2D eigenvalue weighted by Crippen LogP contribution is -2.40. The number of nitrogens with one attached hydrogen (secondary N) is 2. The molecule has 0 aliphatic carbocycles. The number of carbonyl (C=O) groups is 2. The Morgan fingerprint density at radius 3 is 2.19 bits per heavy atom. The topological polar surface area (TPSA) is 67.4 Å². The first-order chi connectivity index (χ1) is 14.7. The highest BCUT2D eigenvalue weighted by Gasteiger charge is 2.15. The average molecular weight is 481 g/mol. The zero-order valence-electron chi connectivity index (χ0n) is 17.7. The minimum atomic E-state index is -0.311. The molecule has 6 heteroatoms. The zero-order valence-corrected chi connectivity index (χ0v) is 19.3. The number of halogens is 1. The Balaban J connectivity index is 1.55. The lowest BCUT2D eigenvalue weighted by molar-refractivity contribution is -0.118. The Labute approximate surface area is 191 Å². The van der Waals surface area contributed by atoms with Crippen LogP contribution in [0.4, 0.5) is 5.69 Å². The van der Waals surface area contributed by atoms with Crippen LogP contribution in [-0.2, 0) is 4.79 Å². The molecule has 0 saturated heterocycles. The highest BCUT2D eigenvalue weighted by molar-refractivity contribution is 9.10. The zero-order chi connectivity index (χ0) is 22.4. The van der Waals surface area contributed by atoms with Crippen LogP contribution in [0, 0.1) is 0 Å². The number of benzene rings is 3. The first-order valence-electron chi connectivity index (χ1n) is 9.91. The predicted octanol–water partition coefficient (Wildman–Crippen LogP) is 5.66. The molecule has 2 N–H and O–H groups in total. The van der Waals surface area contributed by atoms with Gasteiger partial charge in [0.25, 0.3) is 11.8 Å². The van der Waals surface area contributed by atoms with Crippen molar-refractivity contribution in [1.29, 1.82) is 0 Å². The quantitative estimate of drug-likeness (QED) is 0.478. The molecule has 5 nitrogen and oxygen atoms in total. The smallest absolute Gasteiger partial charge is 0.262 e. The number of rotatable bonds is 6. The predicted molar refractivity (Wildman–Crippen MR) is 127 cm³/mol. The van der Waals surface area contributed by atoms with E-state index in [2.05, 4.69) is 26.6 Å². The molecule has 0 radical (unpaired) electrons. The van der Waals surface area contributed by atoms with Gasteiger partial charge in [-0.05, 0) is 84.2 Å². The van der Waals surface area contributed by atoms with Crippen molar-refractivity contribution in [3.8, 4) is 16.9 Å². The maximum atomic E-state index is 12.3. The minimum Gasteiger partial charge on any atom is -0.483 e. The summed E-state index contributed by atoms with van der Waals surface area (Å²) in [5, 5.41) is 5.68. The van der Waals surface area contributed by atoms with E-state index in [-0.39, 0.29) is 24.0 Å². The molecule has 0 saturated carbocycles. The molecule has 0 atom stereocenters. The number of ether oxygens (including phenoxy) is 1. The summed E-state index contributed by atoms with van der Waals surface area (Å²) >= 11 is 3.51. The van der Waals surface area contributed by atoms with Gasteiger partial charge in [-0.15, -0.1) is 0 Å². The average Bonchev–Trinajstić information content (AvgIpc) is 2.73. The van der Waals surface area contributed by atoms with E-state index in [1.165, 1.54) is 0 Å². The van der Waals surface area contributed by atoms with Gasteiger partial charge < -0.3 is 15.4 Å². The third-order valence-electron chi connectivity index (χ3n) is 4.32. The van der Waals surface area contributed by atoms with Gasteiger partial charge in [0.05, 0.1) is 4.47 Å². The molecular formula is C25H25BrN2O3. The second kappa shape index (κ2) is 9.79. The molecule has 0 bridgehead atoms. The molecule has 0 aliphatic rings. The highest BCUT2D eigenvalue weighted by Crippen LogP contribution is 2.30. The third-order valence-corrected chi connectivity index (χ3v) is 4.94. The van der Waals surface area contributed by atoms with Crippen molar-refractivity contribution in [1.82, 2.24) is 5.32 Å². The summed E-state index contributed by atoms with van der Waals surface area (Å²) < 4.78 is 6.43. The fraction of sp³-hybridized carbons (Fsp3) is 0.200. The summed E-state index contributed by atoms with van der Waals surface area (Å²) in [4.78, 5) is 24.4. The maximum Gasteiger partial charge on any atom is 0.262 e. The van der Waals surface area contributed by atoms with Crippen molar-refractivity contribution in [2.24, 2.45) is 0 Å². The van der Waals surface area contributed by atoms with Gasteiger partial charge in [0.2, 0.25) is 0 Å². The van der Waals surface area contributed by atoms with Gasteiger partial charge in [0.1, 0.15) is 5.75 Å². The fourth-order valence-electron chi connectivity index (χ4n) is 2.89. The van der Waals surface area contributed by atoms with Gasteiger partial charge in [-0.25, -0.2) is 0 Å². The Morgan fingerprint density at radius 2 is 1.58 bits per heavy atom. The molecule has 0 fully saturated rings. The molecule has 3 aromatic carbocycles. The lowest BCUT2D eigenvalue weighted by Gasteiger charge is -2.20. The highest BCUT2D eigenvalue weighted by atomic mass is 79.9. The first-order valence-corrected chi connectivity index (χ1v) is 10.7. The molecule has 31 heavy (non-hydrogen) atoms. The number of hydrogen-bond donors (Lipinski definition) is 2. The van der Waals surface area contributed by atoms with Crippen molar-refractivity contribution in [3.63, 3.8) is 0 Å². The van der Waals surface area contributed by atoms with E-state index >= 15 is 0 Å². The van der Waals surface area contributed by atoms with E-state index in [9.17, 15) is 9.59 Å². The van der Waals surface area contributed by atoms with Crippen LogP contribution in [0.5, 0.6) is 5.75 Å². The van der Waals surface area contributed by atoms with Gasteiger partial charge >= 0.3 is 0 Å². The molecule has 3 aromatic rings. The van der Waals surface area contributed by atoms with Crippen LogP contribution in [0.3, 0.4) is 0 Å². The van der Waals surface area contributed by atoms with Crippen LogP contribution in [0.2, 0.25) is 0 Å². The maximum absolute atomic E-state index is 12.3. The van der Waals surface area contributed by atoms with Crippen molar-refractivity contribution in [2.75, 3.05) is 11.9 Å². The molecule has 3 rings (SSSR count). The Bertz CT molecular complexity index is 1060. The van der Waals surface area contributed by atoms with E-state index < -0.39 is 0 Å². The standard InChI is InChI=1S/C25H25BrN2O3/c1-25(2,3)28-24(30)18-9-12-20(13-10-18)27-23(29)16-31-22-14-11-19(15-21(22)26)17-7-5-4-6-8-17/h4-15H,16H2,1-3H3,(H,27,29)(H,28,30). The van der Waals surface area contributed by atoms with Gasteiger partial charge in [0.15, 0.2) is 6.61 Å². The van der Waals surface area contributed by atoms with Crippen molar-refractivity contribution >= 4 is 33.4 Å². The van der Waals surface area contributed by atoms with Crippen molar-refractivity contribution in [2.45, 2.75) is 26.3 Å². The first kappa shape index (κ1) is 22.6. The van der Waals surface area contributed by atoms with Gasteiger partial charge in [-0.3, -0.25) is 9.59 Å². The minimum absolute atomic E-state index is 0.129. The molecule has 0 heterocycles. The van der Waals surface area contributed by atoms with Gasteiger partial charge in [0, 0.05) is 16.8 Å². The number of anilines is 1. The van der Waals surface area contributed by atoms with Crippen LogP contribution < -0.4 is 15.4 Å². The number of hydrogen-bond acceptors (Lipinski definition) is 3. The molecule has 0 spiro atoms. The molecule has 0 aromatic heterocycles. The number of amides is 2. The van der Waals surface area contributed by atoms with E-state index in [1.54, 1.807) is 24.3 Å². The SMILES string of the molecule is CC(C)(C)NC(=O)c1ccc(NC(=O)COc2ccc(-c3ccccc3)cc2Br)cc1. The molecule has 0 aliphatic heterocycles. The third kappa shape index (κ3) is 6.69. The van der Waals surface area contributed by atoms with Crippen LogP contribution in [0.25, 0.3) is 11.1 Å². The van der Waals surface area contributed by atoms with E-state index in [0.29, 0.717) is 17.0 Å².